The lowest BCUT2D eigenvalue weighted by Crippen LogP contribution is -2.52. The molecule has 218 valence electrons. The van der Waals surface area contributed by atoms with E-state index in [2.05, 4.69) is 21.2 Å². The Hall–Kier alpha value is -3.37. The number of sulfonamides is 1. The van der Waals surface area contributed by atoms with Gasteiger partial charge in [0.2, 0.25) is 11.8 Å². The van der Waals surface area contributed by atoms with Crippen LogP contribution in [-0.4, -0.2) is 50.4 Å². The molecular formula is C31H36BrN3O5S. The smallest absolute Gasteiger partial charge is 0.264 e. The lowest BCUT2D eigenvalue weighted by Gasteiger charge is -2.32. The fraction of sp³-hybridized carbons (Fsp3) is 0.355. The van der Waals surface area contributed by atoms with Crippen molar-refractivity contribution in [2.24, 2.45) is 0 Å². The maximum Gasteiger partial charge on any atom is 0.264 e. The molecular weight excluding hydrogens is 606 g/mol. The highest BCUT2D eigenvalue weighted by Gasteiger charge is 2.33. The van der Waals surface area contributed by atoms with Crippen LogP contribution in [0.5, 0.6) is 5.75 Å². The van der Waals surface area contributed by atoms with E-state index < -0.39 is 28.5 Å². The SMILES string of the molecule is CCOc1ccc(S(=O)(=O)N(CC(=O)N(Cc2cccc(Br)c2)[C@@H](C)C(=O)NC2CCCC2)c2ccccc2)cc1. The Kier molecular flexibility index (Phi) is 10.4. The first-order valence-corrected chi connectivity index (χ1v) is 16.1. The molecule has 3 aromatic carbocycles. The summed E-state index contributed by atoms with van der Waals surface area (Å²) in [6.45, 7) is 3.66. The van der Waals surface area contributed by atoms with E-state index in [0.29, 0.717) is 18.0 Å². The molecule has 0 spiro atoms. The van der Waals surface area contributed by atoms with E-state index in [1.165, 1.54) is 17.0 Å². The summed E-state index contributed by atoms with van der Waals surface area (Å²) in [7, 11) is -4.14. The third kappa shape index (κ3) is 7.89. The number of nitrogens with one attached hydrogen (secondary N) is 1. The number of anilines is 1. The number of halogens is 1. The Bertz CT molecular complexity index is 1430. The van der Waals surface area contributed by atoms with Crippen LogP contribution in [0.15, 0.2) is 88.2 Å². The van der Waals surface area contributed by atoms with Gasteiger partial charge in [0.05, 0.1) is 17.2 Å². The third-order valence-corrected chi connectivity index (χ3v) is 9.44. The molecule has 4 rings (SSSR count). The lowest BCUT2D eigenvalue weighted by atomic mass is 10.1. The predicted molar refractivity (Wildman–Crippen MR) is 163 cm³/mol. The maximum absolute atomic E-state index is 14.0. The monoisotopic (exact) mass is 641 g/mol. The molecule has 1 N–H and O–H groups in total. The zero-order valence-corrected chi connectivity index (χ0v) is 25.7. The zero-order valence-electron chi connectivity index (χ0n) is 23.3. The molecule has 2 amide bonds. The van der Waals surface area contributed by atoms with Crippen molar-refractivity contribution < 1.29 is 22.7 Å². The summed E-state index contributed by atoms with van der Waals surface area (Å²) in [4.78, 5) is 28.8. The van der Waals surface area contributed by atoms with Gasteiger partial charge in [0, 0.05) is 17.1 Å². The van der Waals surface area contributed by atoms with Crippen LogP contribution in [0.25, 0.3) is 0 Å². The van der Waals surface area contributed by atoms with E-state index in [1.54, 1.807) is 49.4 Å². The summed E-state index contributed by atoms with van der Waals surface area (Å²) in [5, 5.41) is 3.08. The number of carbonyl (C=O) groups is 2. The molecule has 1 saturated carbocycles. The summed E-state index contributed by atoms with van der Waals surface area (Å²) in [5.41, 5.74) is 1.16. The highest BCUT2D eigenvalue weighted by Crippen LogP contribution is 2.26. The molecule has 10 heteroatoms. The van der Waals surface area contributed by atoms with Crippen LogP contribution < -0.4 is 14.4 Å². The van der Waals surface area contributed by atoms with Crippen molar-refractivity contribution in [2.45, 2.75) is 63.1 Å². The molecule has 1 aliphatic carbocycles. The summed E-state index contributed by atoms with van der Waals surface area (Å²) in [6, 6.07) is 21.4. The predicted octanol–water partition coefficient (Wildman–Crippen LogP) is 5.52. The van der Waals surface area contributed by atoms with Gasteiger partial charge in [-0.1, -0.05) is 59.1 Å². The van der Waals surface area contributed by atoms with E-state index in [9.17, 15) is 18.0 Å². The largest absolute Gasteiger partial charge is 0.494 e. The number of hydrogen-bond acceptors (Lipinski definition) is 5. The standard InChI is InChI=1S/C31H36BrN3O5S/c1-3-40-28-16-18-29(19-17-28)41(38,39)35(27-14-5-4-6-15-27)22-30(36)34(21-24-10-9-11-25(32)20-24)23(2)31(37)33-26-12-7-8-13-26/h4-6,9-11,14-20,23,26H,3,7-8,12-13,21-22H2,1-2H3,(H,33,37)/t23-/m0/s1. The number of rotatable bonds is 12. The summed E-state index contributed by atoms with van der Waals surface area (Å²) < 4.78 is 35.3. The van der Waals surface area contributed by atoms with Crippen LogP contribution in [0.1, 0.15) is 45.1 Å². The highest BCUT2D eigenvalue weighted by atomic mass is 79.9. The molecule has 3 aromatic rings. The minimum Gasteiger partial charge on any atom is -0.494 e. The second-order valence-corrected chi connectivity index (χ2v) is 12.8. The van der Waals surface area contributed by atoms with E-state index in [-0.39, 0.29) is 23.4 Å². The molecule has 0 aliphatic heterocycles. The van der Waals surface area contributed by atoms with E-state index in [4.69, 9.17) is 4.74 Å². The van der Waals surface area contributed by atoms with Gasteiger partial charge in [-0.05, 0) is 80.8 Å². The lowest BCUT2D eigenvalue weighted by molar-refractivity contribution is -0.139. The second kappa shape index (κ2) is 14.0. The van der Waals surface area contributed by atoms with Crippen LogP contribution in [0.4, 0.5) is 5.69 Å². The molecule has 1 fully saturated rings. The zero-order chi connectivity index (χ0) is 29.4. The van der Waals surface area contributed by atoms with Crippen molar-refractivity contribution in [3.8, 4) is 5.75 Å². The number of ether oxygens (including phenoxy) is 1. The molecule has 1 atom stereocenters. The normalized spacial score (nSPS) is 14.3. The van der Waals surface area contributed by atoms with Gasteiger partial charge < -0.3 is 15.0 Å². The van der Waals surface area contributed by atoms with Gasteiger partial charge in [-0.25, -0.2) is 8.42 Å². The van der Waals surface area contributed by atoms with Crippen LogP contribution in [0.3, 0.4) is 0 Å². The van der Waals surface area contributed by atoms with Gasteiger partial charge in [0.1, 0.15) is 18.3 Å². The van der Waals surface area contributed by atoms with Gasteiger partial charge in [-0.3, -0.25) is 13.9 Å². The van der Waals surface area contributed by atoms with E-state index in [0.717, 1.165) is 40.0 Å². The fourth-order valence-corrected chi connectivity index (χ4v) is 6.79. The van der Waals surface area contributed by atoms with Crippen LogP contribution in [0.2, 0.25) is 0 Å². The number of amides is 2. The average Bonchev–Trinajstić information content (AvgIpc) is 3.48. The number of carbonyl (C=O) groups excluding carboxylic acids is 2. The molecule has 0 bridgehead atoms. The molecule has 0 unspecified atom stereocenters. The summed E-state index contributed by atoms with van der Waals surface area (Å²) >= 11 is 3.47. The first-order chi connectivity index (χ1) is 19.7. The Balaban J connectivity index is 1.66. The Morgan fingerprint density at radius 2 is 1.68 bits per heavy atom. The van der Waals surface area contributed by atoms with Gasteiger partial charge in [-0.15, -0.1) is 0 Å². The molecule has 1 aliphatic rings. The van der Waals surface area contributed by atoms with Gasteiger partial charge >= 0.3 is 0 Å². The molecule has 0 radical (unpaired) electrons. The Morgan fingerprint density at radius 1 is 1.00 bits per heavy atom. The topological polar surface area (TPSA) is 96.0 Å². The van der Waals surface area contributed by atoms with Gasteiger partial charge in [-0.2, -0.15) is 0 Å². The Labute approximate surface area is 250 Å². The first kappa shape index (κ1) is 30.6. The maximum atomic E-state index is 14.0. The fourth-order valence-electron chi connectivity index (χ4n) is 4.93. The van der Waals surface area contributed by atoms with Gasteiger partial charge in [0.15, 0.2) is 0 Å². The molecule has 0 saturated heterocycles. The first-order valence-electron chi connectivity index (χ1n) is 13.8. The van der Waals surface area contributed by atoms with Crippen molar-refractivity contribution in [1.82, 2.24) is 10.2 Å². The van der Waals surface area contributed by atoms with E-state index in [1.807, 2.05) is 31.2 Å². The van der Waals surface area contributed by atoms with Gasteiger partial charge in [0.25, 0.3) is 10.0 Å². The number of nitrogens with zero attached hydrogens (tertiary/aromatic N) is 2. The van der Waals surface area contributed by atoms with E-state index >= 15 is 0 Å². The quantitative estimate of drug-likeness (QED) is 0.281. The molecule has 41 heavy (non-hydrogen) atoms. The van der Waals surface area contributed by atoms with Crippen molar-refractivity contribution in [1.29, 1.82) is 0 Å². The average molecular weight is 643 g/mol. The molecule has 8 nitrogen and oxygen atoms in total. The third-order valence-electron chi connectivity index (χ3n) is 7.16. The minimum absolute atomic E-state index is 0.0307. The van der Waals surface area contributed by atoms with Crippen LogP contribution in [0, 0.1) is 0 Å². The molecule has 0 heterocycles. The number of para-hydroxylation sites is 1. The summed E-state index contributed by atoms with van der Waals surface area (Å²) in [5.74, 6) is -0.186. The van der Waals surface area contributed by atoms with Crippen molar-refractivity contribution in [2.75, 3.05) is 17.5 Å². The number of benzene rings is 3. The van der Waals surface area contributed by atoms with Crippen molar-refractivity contribution in [3.63, 3.8) is 0 Å². The number of hydrogen-bond donors (Lipinski definition) is 1. The Morgan fingerprint density at radius 3 is 2.32 bits per heavy atom. The van der Waals surface area contributed by atoms with Crippen molar-refractivity contribution >= 4 is 43.5 Å². The van der Waals surface area contributed by atoms with Crippen molar-refractivity contribution in [3.05, 3.63) is 88.9 Å². The summed E-state index contributed by atoms with van der Waals surface area (Å²) in [6.07, 6.45) is 3.96. The minimum atomic E-state index is -4.14. The molecule has 0 aromatic heterocycles. The second-order valence-electron chi connectivity index (χ2n) is 10.1. The van der Waals surface area contributed by atoms with Crippen LogP contribution in [-0.2, 0) is 26.2 Å². The highest BCUT2D eigenvalue weighted by molar-refractivity contribution is 9.10. The van der Waals surface area contributed by atoms with Crippen LogP contribution >= 0.6 is 15.9 Å².